The number of aliphatic imine (C=N–C) groups is 1. The number of amides is 1. The summed E-state index contributed by atoms with van der Waals surface area (Å²) in [5.41, 5.74) is 0.116. The summed E-state index contributed by atoms with van der Waals surface area (Å²) in [5, 5.41) is 0. The van der Waals surface area contributed by atoms with Crippen molar-refractivity contribution in [1.82, 2.24) is 9.80 Å². The lowest BCUT2D eigenvalue weighted by Crippen LogP contribution is -2.51. The monoisotopic (exact) mass is 457 g/mol. The number of benzene rings is 2. The molecule has 5 nitrogen and oxygen atoms in total. The van der Waals surface area contributed by atoms with Gasteiger partial charge in [-0.3, -0.25) is 4.79 Å². The van der Waals surface area contributed by atoms with Gasteiger partial charge in [-0.1, -0.05) is 25.0 Å². The van der Waals surface area contributed by atoms with Gasteiger partial charge in [-0.15, -0.1) is 0 Å². The summed E-state index contributed by atoms with van der Waals surface area (Å²) in [7, 11) is 0. The number of carbonyl (C=O) groups is 1. The number of rotatable bonds is 2. The van der Waals surface area contributed by atoms with Gasteiger partial charge in [0, 0.05) is 32.6 Å². The van der Waals surface area contributed by atoms with Crippen molar-refractivity contribution >= 4 is 17.4 Å². The molecule has 0 bridgehead atoms. The molecule has 0 spiro atoms. The number of alkyl halides is 3. The van der Waals surface area contributed by atoms with E-state index >= 15 is 0 Å². The molecule has 0 N–H and O–H groups in total. The fourth-order valence-corrected chi connectivity index (χ4v) is 4.90. The third kappa shape index (κ3) is 4.56. The van der Waals surface area contributed by atoms with Crippen LogP contribution in [0.2, 0.25) is 0 Å². The van der Waals surface area contributed by atoms with Gasteiger partial charge in [-0.2, -0.15) is 13.2 Å². The van der Waals surface area contributed by atoms with Crippen molar-refractivity contribution in [2.24, 2.45) is 10.9 Å². The summed E-state index contributed by atoms with van der Waals surface area (Å²) in [5.74, 6) is 2.12. The number of ether oxygens (including phenoxy) is 1. The van der Waals surface area contributed by atoms with Gasteiger partial charge >= 0.3 is 6.18 Å². The van der Waals surface area contributed by atoms with Crippen LogP contribution in [0.25, 0.3) is 0 Å². The van der Waals surface area contributed by atoms with Crippen LogP contribution < -0.4 is 4.74 Å². The van der Waals surface area contributed by atoms with Gasteiger partial charge in [0.05, 0.1) is 11.1 Å². The third-order valence-electron chi connectivity index (χ3n) is 6.73. The van der Waals surface area contributed by atoms with Gasteiger partial charge in [-0.05, 0) is 49.1 Å². The normalized spacial score (nSPS) is 18.8. The lowest BCUT2D eigenvalue weighted by Gasteiger charge is -2.37. The van der Waals surface area contributed by atoms with Crippen LogP contribution in [-0.2, 0) is 11.0 Å². The summed E-state index contributed by atoms with van der Waals surface area (Å²) >= 11 is 0. The van der Waals surface area contributed by atoms with Crippen molar-refractivity contribution in [2.75, 3.05) is 26.2 Å². The Morgan fingerprint density at radius 2 is 1.73 bits per heavy atom. The number of hydrogen-bond donors (Lipinski definition) is 0. The molecule has 8 heteroatoms. The van der Waals surface area contributed by atoms with E-state index in [0.29, 0.717) is 50.1 Å². The number of hydrogen-bond acceptors (Lipinski definition) is 4. The standard InChI is InChI=1S/C25H26F3N3O2/c26-25(27,28)18-9-10-22-20(16-18)29-24(19-7-3-4-8-21(19)33-22)31-13-11-30(12-14-31)23(32)15-17-5-1-2-6-17/h3-4,7-10,16-17H,1-2,5-6,11-15H2. The predicted octanol–water partition coefficient (Wildman–Crippen LogP) is 5.61. The predicted molar refractivity (Wildman–Crippen MR) is 119 cm³/mol. The number of carbonyl (C=O) groups excluding carboxylic acids is 1. The zero-order chi connectivity index (χ0) is 23.0. The highest BCUT2D eigenvalue weighted by molar-refractivity contribution is 6.03. The molecular formula is C25H26F3N3O2. The van der Waals surface area contributed by atoms with Crippen molar-refractivity contribution in [1.29, 1.82) is 0 Å². The average Bonchev–Trinajstić information content (AvgIpc) is 3.25. The van der Waals surface area contributed by atoms with Gasteiger partial charge in [0.1, 0.15) is 17.3 Å². The molecule has 174 valence electrons. The van der Waals surface area contributed by atoms with E-state index in [1.807, 2.05) is 28.0 Å². The zero-order valence-corrected chi connectivity index (χ0v) is 18.3. The Bertz CT molecular complexity index is 1070. The maximum absolute atomic E-state index is 13.3. The van der Waals surface area contributed by atoms with Gasteiger partial charge in [0.15, 0.2) is 5.75 Å². The van der Waals surface area contributed by atoms with E-state index in [1.54, 1.807) is 6.07 Å². The smallest absolute Gasteiger partial charge is 0.416 e. The van der Waals surface area contributed by atoms with Crippen molar-refractivity contribution in [2.45, 2.75) is 38.3 Å². The molecule has 2 aliphatic heterocycles. The van der Waals surface area contributed by atoms with Crippen LogP contribution in [0.4, 0.5) is 18.9 Å². The summed E-state index contributed by atoms with van der Waals surface area (Å²) < 4.78 is 45.9. The van der Waals surface area contributed by atoms with Crippen molar-refractivity contribution < 1.29 is 22.7 Å². The van der Waals surface area contributed by atoms with E-state index in [0.717, 1.165) is 30.5 Å². The minimum Gasteiger partial charge on any atom is -0.454 e. The first kappa shape index (κ1) is 21.8. The third-order valence-corrected chi connectivity index (χ3v) is 6.73. The highest BCUT2D eigenvalue weighted by Crippen LogP contribution is 2.41. The average molecular weight is 457 g/mol. The van der Waals surface area contributed by atoms with E-state index < -0.39 is 11.7 Å². The first-order chi connectivity index (χ1) is 15.9. The van der Waals surface area contributed by atoms with Crippen LogP contribution in [0.1, 0.15) is 43.2 Å². The molecule has 0 unspecified atom stereocenters. The fraction of sp³-hybridized carbons (Fsp3) is 0.440. The number of nitrogens with zero attached hydrogens (tertiary/aromatic N) is 3. The largest absolute Gasteiger partial charge is 0.454 e. The first-order valence-corrected chi connectivity index (χ1v) is 11.5. The van der Waals surface area contributed by atoms with Gasteiger partial charge in [0.2, 0.25) is 5.91 Å². The van der Waals surface area contributed by atoms with Crippen molar-refractivity contribution in [3.8, 4) is 11.5 Å². The summed E-state index contributed by atoms with van der Waals surface area (Å²) in [6, 6.07) is 10.7. The number of amidine groups is 1. The lowest BCUT2D eigenvalue weighted by molar-refractivity contribution is -0.137. The topological polar surface area (TPSA) is 45.1 Å². The Morgan fingerprint density at radius 3 is 2.45 bits per heavy atom. The fourth-order valence-electron chi connectivity index (χ4n) is 4.90. The molecule has 2 heterocycles. The van der Waals surface area contributed by atoms with E-state index in [9.17, 15) is 18.0 Å². The Hall–Kier alpha value is -3.03. The van der Waals surface area contributed by atoms with E-state index in [4.69, 9.17) is 4.74 Å². The summed E-state index contributed by atoms with van der Waals surface area (Å²) in [6.45, 7) is 2.28. The summed E-state index contributed by atoms with van der Waals surface area (Å²) in [4.78, 5) is 21.3. The molecule has 33 heavy (non-hydrogen) atoms. The maximum atomic E-state index is 13.3. The first-order valence-electron chi connectivity index (χ1n) is 11.5. The molecule has 2 fully saturated rings. The molecule has 1 amide bonds. The second kappa shape index (κ2) is 8.72. The Balaban J connectivity index is 1.39. The van der Waals surface area contributed by atoms with Gasteiger partial charge in [-0.25, -0.2) is 4.99 Å². The molecule has 0 radical (unpaired) electrons. The van der Waals surface area contributed by atoms with E-state index in [1.165, 1.54) is 18.9 Å². The molecule has 1 saturated heterocycles. The number of halogens is 3. The lowest BCUT2D eigenvalue weighted by atomic mass is 10.0. The number of piperazine rings is 1. The Morgan fingerprint density at radius 1 is 1.00 bits per heavy atom. The minimum absolute atomic E-state index is 0.149. The molecule has 0 aromatic heterocycles. The highest BCUT2D eigenvalue weighted by Gasteiger charge is 2.33. The van der Waals surface area contributed by atoms with Crippen LogP contribution >= 0.6 is 0 Å². The molecular weight excluding hydrogens is 431 g/mol. The Labute approximate surface area is 190 Å². The van der Waals surface area contributed by atoms with Crippen molar-refractivity contribution in [3.63, 3.8) is 0 Å². The second-order valence-corrected chi connectivity index (χ2v) is 8.94. The van der Waals surface area contributed by atoms with E-state index in [2.05, 4.69) is 4.99 Å². The maximum Gasteiger partial charge on any atom is 0.416 e. The minimum atomic E-state index is -4.46. The molecule has 5 rings (SSSR count). The molecule has 1 saturated carbocycles. The molecule has 1 aliphatic carbocycles. The quantitative estimate of drug-likeness (QED) is 0.589. The summed E-state index contributed by atoms with van der Waals surface area (Å²) in [6.07, 6.45) is 0.854. The highest BCUT2D eigenvalue weighted by atomic mass is 19.4. The van der Waals surface area contributed by atoms with Crippen LogP contribution in [0.3, 0.4) is 0 Å². The van der Waals surface area contributed by atoms with Crippen molar-refractivity contribution in [3.05, 3.63) is 53.6 Å². The molecule has 3 aliphatic rings. The zero-order valence-electron chi connectivity index (χ0n) is 18.3. The molecule has 2 aromatic carbocycles. The SMILES string of the molecule is O=C(CC1CCCC1)N1CCN(C2=Nc3cc(C(F)(F)F)ccc3Oc3ccccc32)CC1. The van der Waals surface area contributed by atoms with E-state index in [-0.39, 0.29) is 17.3 Å². The number of fused-ring (bicyclic) bond motifs is 2. The van der Waals surface area contributed by atoms with Crippen LogP contribution in [0.5, 0.6) is 11.5 Å². The Kier molecular flexibility index (Phi) is 5.76. The van der Waals surface area contributed by atoms with Gasteiger partial charge < -0.3 is 14.5 Å². The van der Waals surface area contributed by atoms with Crippen LogP contribution in [0.15, 0.2) is 47.5 Å². The number of para-hydroxylation sites is 1. The molecule has 0 atom stereocenters. The second-order valence-electron chi connectivity index (χ2n) is 8.94. The van der Waals surface area contributed by atoms with Crippen LogP contribution in [-0.4, -0.2) is 47.7 Å². The van der Waals surface area contributed by atoms with Gasteiger partial charge in [0.25, 0.3) is 0 Å². The van der Waals surface area contributed by atoms with Crippen LogP contribution in [0, 0.1) is 5.92 Å². The molecule has 2 aromatic rings.